The molecule has 0 atom stereocenters. The molecule has 1 aliphatic rings. The van der Waals surface area contributed by atoms with Gasteiger partial charge >= 0.3 is 0 Å². The summed E-state index contributed by atoms with van der Waals surface area (Å²) in [5, 5.41) is 10.5. The highest BCUT2D eigenvalue weighted by molar-refractivity contribution is 9.18. The summed E-state index contributed by atoms with van der Waals surface area (Å²) in [7, 11) is 0. The van der Waals surface area contributed by atoms with E-state index in [1.807, 2.05) is 0 Å². The van der Waals surface area contributed by atoms with Gasteiger partial charge in [-0.05, 0) is 27.6 Å². The molecule has 0 fully saturated rings. The van der Waals surface area contributed by atoms with Crippen molar-refractivity contribution in [2.45, 2.75) is 6.54 Å². The minimum absolute atomic E-state index is 0.104. The Hall–Kier alpha value is -1.23. The number of benzene rings is 1. The van der Waals surface area contributed by atoms with Crippen LogP contribution in [0.2, 0.25) is 0 Å². The van der Waals surface area contributed by atoms with Crippen LogP contribution in [0.3, 0.4) is 0 Å². The van der Waals surface area contributed by atoms with Crippen molar-refractivity contribution in [2.75, 3.05) is 0 Å². The molecule has 1 aromatic carbocycles. The SMILES string of the molecule is O=[N+]([O-])c1ccc2c(c1)C(Br)=NC2. The van der Waals surface area contributed by atoms with E-state index in [0.29, 0.717) is 11.2 Å². The highest BCUT2D eigenvalue weighted by atomic mass is 79.9. The molecule has 13 heavy (non-hydrogen) atoms. The van der Waals surface area contributed by atoms with Crippen LogP contribution in [0.1, 0.15) is 11.1 Å². The zero-order chi connectivity index (χ0) is 9.42. The standard InChI is InChI=1S/C8H5BrN2O2/c9-8-7-3-6(11(12)13)2-1-5(7)4-10-8/h1-3H,4H2. The van der Waals surface area contributed by atoms with Gasteiger partial charge in [-0.3, -0.25) is 15.1 Å². The second-order valence-electron chi connectivity index (χ2n) is 2.71. The molecular weight excluding hydrogens is 236 g/mol. The maximum Gasteiger partial charge on any atom is 0.270 e. The van der Waals surface area contributed by atoms with Crippen molar-refractivity contribution in [3.8, 4) is 0 Å². The van der Waals surface area contributed by atoms with Gasteiger partial charge in [-0.2, -0.15) is 0 Å². The van der Waals surface area contributed by atoms with Gasteiger partial charge in [0.15, 0.2) is 0 Å². The highest BCUT2D eigenvalue weighted by Crippen LogP contribution is 2.25. The Balaban J connectivity index is 2.53. The molecule has 0 aromatic heterocycles. The molecule has 0 saturated heterocycles. The minimum atomic E-state index is -0.404. The number of non-ortho nitro benzene ring substituents is 1. The fraction of sp³-hybridized carbons (Fsp3) is 0.125. The molecule has 66 valence electrons. The smallest absolute Gasteiger partial charge is 0.270 e. The summed E-state index contributed by atoms with van der Waals surface area (Å²) in [5.74, 6) is 0. The number of fused-ring (bicyclic) bond motifs is 1. The number of nitro groups is 1. The summed E-state index contributed by atoms with van der Waals surface area (Å²) in [6, 6.07) is 4.78. The molecule has 0 amide bonds. The van der Waals surface area contributed by atoms with Gasteiger partial charge in [0, 0.05) is 17.7 Å². The molecular formula is C8H5BrN2O2. The third-order valence-corrected chi connectivity index (χ3v) is 2.59. The fourth-order valence-electron chi connectivity index (χ4n) is 1.25. The van der Waals surface area contributed by atoms with Gasteiger partial charge in [0.05, 0.1) is 11.5 Å². The van der Waals surface area contributed by atoms with Crippen LogP contribution in [-0.2, 0) is 6.54 Å². The van der Waals surface area contributed by atoms with E-state index in [4.69, 9.17) is 0 Å². The average Bonchev–Trinajstić information content (AvgIpc) is 2.47. The number of hydrogen-bond donors (Lipinski definition) is 0. The van der Waals surface area contributed by atoms with Crippen LogP contribution in [-0.4, -0.2) is 9.54 Å². The second kappa shape index (κ2) is 2.92. The molecule has 0 N–H and O–H groups in total. The predicted molar refractivity (Wildman–Crippen MR) is 52.3 cm³/mol. The number of hydrogen-bond acceptors (Lipinski definition) is 3. The van der Waals surface area contributed by atoms with Crippen LogP contribution in [0.5, 0.6) is 0 Å². The summed E-state index contributed by atoms with van der Waals surface area (Å²) in [5.41, 5.74) is 1.96. The Labute approximate surface area is 82.6 Å². The molecule has 2 rings (SSSR count). The van der Waals surface area contributed by atoms with Gasteiger partial charge in [-0.15, -0.1) is 0 Å². The van der Waals surface area contributed by atoms with Crippen LogP contribution < -0.4 is 0 Å². The molecule has 0 spiro atoms. The number of rotatable bonds is 1. The lowest BCUT2D eigenvalue weighted by molar-refractivity contribution is -0.384. The maximum absolute atomic E-state index is 10.5. The number of halogens is 1. The first-order valence-corrected chi connectivity index (χ1v) is 4.45. The Morgan fingerprint density at radius 3 is 3.00 bits per heavy atom. The van der Waals surface area contributed by atoms with Crippen LogP contribution in [0.25, 0.3) is 0 Å². The molecule has 1 heterocycles. The molecule has 0 saturated carbocycles. The quantitative estimate of drug-likeness (QED) is 0.559. The fourth-order valence-corrected chi connectivity index (χ4v) is 1.74. The van der Waals surface area contributed by atoms with Crippen molar-refractivity contribution >= 4 is 26.2 Å². The van der Waals surface area contributed by atoms with Gasteiger partial charge in [0.1, 0.15) is 4.62 Å². The van der Waals surface area contributed by atoms with E-state index in [0.717, 1.165) is 11.1 Å². The summed E-state index contributed by atoms with van der Waals surface area (Å²) in [6.45, 7) is 0.605. The van der Waals surface area contributed by atoms with E-state index in [2.05, 4.69) is 20.9 Å². The lowest BCUT2D eigenvalue weighted by Gasteiger charge is -1.97. The van der Waals surface area contributed by atoms with Gasteiger partial charge in [0.25, 0.3) is 5.69 Å². The van der Waals surface area contributed by atoms with E-state index in [9.17, 15) is 10.1 Å². The molecule has 0 bridgehead atoms. The Morgan fingerprint density at radius 2 is 2.31 bits per heavy atom. The van der Waals surface area contributed by atoms with Crippen LogP contribution in [0.15, 0.2) is 23.2 Å². The third-order valence-electron chi connectivity index (χ3n) is 1.91. The molecule has 1 aliphatic heterocycles. The molecule has 0 radical (unpaired) electrons. The van der Waals surface area contributed by atoms with Gasteiger partial charge < -0.3 is 0 Å². The predicted octanol–water partition coefficient (Wildman–Crippen LogP) is 2.25. The summed E-state index contributed by atoms with van der Waals surface area (Å²) >= 11 is 3.25. The van der Waals surface area contributed by atoms with Crippen molar-refractivity contribution in [2.24, 2.45) is 4.99 Å². The van der Waals surface area contributed by atoms with Crippen LogP contribution in [0, 0.1) is 10.1 Å². The molecule has 5 heteroatoms. The van der Waals surface area contributed by atoms with Crippen LogP contribution in [0.4, 0.5) is 5.69 Å². The summed E-state index contributed by atoms with van der Waals surface area (Å²) in [6.07, 6.45) is 0. The van der Waals surface area contributed by atoms with E-state index in [1.54, 1.807) is 6.07 Å². The van der Waals surface area contributed by atoms with Gasteiger partial charge in [-0.25, -0.2) is 0 Å². The van der Waals surface area contributed by atoms with Gasteiger partial charge in [0.2, 0.25) is 0 Å². The lowest BCUT2D eigenvalue weighted by atomic mass is 10.1. The van der Waals surface area contributed by atoms with Crippen molar-refractivity contribution in [3.63, 3.8) is 0 Å². The maximum atomic E-state index is 10.5. The Bertz CT molecular complexity index is 415. The molecule has 1 aromatic rings. The largest absolute Gasteiger partial charge is 0.272 e. The summed E-state index contributed by atoms with van der Waals surface area (Å²) in [4.78, 5) is 14.2. The van der Waals surface area contributed by atoms with Crippen LogP contribution >= 0.6 is 15.9 Å². The van der Waals surface area contributed by atoms with Crippen molar-refractivity contribution in [3.05, 3.63) is 39.4 Å². The number of aliphatic imine (C=N–C) groups is 1. The first kappa shape index (κ1) is 8.37. The van der Waals surface area contributed by atoms with E-state index in [1.165, 1.54) is 12.1 Å². The van der Waals surface area contributed by atoms with Crippen molar-refractivity contribution in [1.29, 1.82) is 0 Å². The second-order valence-corrected chi connectivity index (χ2v) is 3.46. The zero-order valence-corrected chi connectivity index (χ0v) is 8.11. The normalized spacial score (nSPS) is 13.8. The first-order valence-electron chi connectivity index (χ1n) is 3.66. The number of nitrogens with zero attached hydrogens (tertiary/aromatic N) is 2. The lowest BCUT2D eigenvalue weighted by Crippen LogP contribution is -1.93. The Kier molecular flexibility index (Phi) is 1.88. The van der Waals surface area contributed by atoms with E-state index < -0.39 is 4.92 Å². The molecule has 4 nitrogen and oxygen atoms in total. The Morgan fingerprint density at radius 1 is 1.54 bits per heavy atom. The van der Waals surface area contributed by atoms with Crippen molar-refractivity contribution in [1.82, 2.24) is 0 Å². The average molecular weight is 241 g/mol. The van der Waals surface area contributed by atoms with E-state index >= 15 is 0 Å². The van der Waals surface area contributed by atoms with Crippen molar-refractivity contribution < 1.29 is 4.92 Å². The minimum Gasteiger partial charge on any atom is -0.272 e. The zero-order valence-electron chi connectivity index (χ0n) is 6.53. The molecule has 0 aliphatic carbocycles. The van der Waals surface area contributed by atoms with Gasteiger partial charge in [-0.1, -0.05) is 0 Å². The molecule has 0 unspecified atom stereocenters. The van der Waals surface area contributed by atoms with E-state index in [-0.39, 0.29) is 5.69 Å². The highest BCUT2D eigenvalue weighted by Gasteiger charge is 2.17. The topological polar surface area (TPSA) is 55.5 Å². The third kappa shape index (κ3) is 1.35. The monoisotopic (exact) mass is 240 g/mol. The first-order chi connectivity index (χ1) is 6.18. The number of nitro benzene ring substituents is 1. The summed E-state index contributed by atoms with van der Waals surface area (Å²) < 4.78 is 0.700.